The second-order valence-electron chi connectivity index (χ2n) is 4.24. The molecule has 1 heterocycles. The SMILES string of the molecule is CC(C)CCc1ncc(C(C)C)o1. The molecule has 13 heavy (non-hydrogen) atoms. The highest BCUT2D eigenvalue weighted by molar-refractivity contribution is 4.98. The molecule has 0 spiro atoms. The lowest BCUT2D eigenvalue weighted by molar-refractivity contribution is 0.421. The van der Waals surface area contributed by atoms with Crippen molar-refractivity contribution in [3.8, 4) is 0 Å². The summed E-state index contributed by atoms with van der Waals surface area (Å²) in [4.78, 5) is 4.24. The Hall–Kier alpha value is -0.790. The van der Waals surface area contributed by atoms with Crippen molar-refractivity contribution in [2.24, 2.45) is 5.92 Å². The normalized spacial score (nSPS) is 11.5. The first-order chi connectivity index (χ1) is 6.09. The van der Waals surface area contributed by atoms with E-state index >= 15 is 0 Å². The highest BCUT2D eigenvalue weighted by Crippen LogP contribution is 2.16. The van der Waals surface area contributed by atoms with Crippen molar-refractivity contribution >= 4 is 0 Å². The molecule has 1 rings (SSSR count). The topological polar surface area (TPSA) is 26.0 Å². The number of hydrogen-bond acceptors (Lipinski definition) is 2. The number of rotatable bonds is 4. The highest BCUT2D eigenvalue weighted by atomic mass is 16.4. The average Bonchev–Trinajstić information content (AvgIpc) is 2.48. The summed E-state index contributed by atoms with van der Waals surface area (Å²) in [7, 11) is 0. The van der Waals surface area contributed by atoms with E-state index in [9.17, 15) is 0 Å². The Kier molecular flexibility index (Phi) is 3.52. The zero-order valence-corrected chi connectivity index (χ0v) is 9.00. The first-order valence-corrected chi connectivity index (χ1v) is 5.04. The molecule has 0 aliphatic heterocycles. The van der Waals surface area contributed by atoms with Crippen molar-refractivity contribution in [3.63, 3.8) is 0 Å². The Morgan fingerprint density at radius 1 is 1.31 bits per heavy atom. The maximum absolute atomic E-state index is 5.58. The van der Waals surface area contributed by atoms with Gasteiger partial charge in [0.05, 0.1) is 6.20 Å². The fourth-order valence-electron chi connectivity index (χ4n) is 1.12. The molecule has 0 aliphatic carbocycles. The summed E-state index contributed by atoms with van der Waals surface area (Å²) in [5.74, 6) is 3.05. The van der Waals surface area contributed by atoms with Gasteiger partial charge in [0, 0.05) is 12.3 Å². The molecular formula is C11H19NO. The van der Waals surface area contributed by atoms with Crippen LogP contribution in [0.3, 0.4) is 0 Å². The number of aryl methyl sites for hydroxylation is 1. The predicted molar refractivity (Wildman–Crippen MR) is 53.8 cm³/mol. The minimum atomic E-state index is 0.445. The first-order valence-electron chi connectivity index (χ1n) is 5.04. The molecule has 0 aliphatic rings. The molecule has 74 valence electrons. The summed E-state index contributed by atoms with van der Waals surface area (Å²) in [6.07, 6.45) is 3.96. The van der Waals surface area contributed by atoms with Crippen LogP contribution in [0.2, 0.25) is 0 Å². The summed E-state index contributed by atoms with van der Waals surface area (Å²) >= 11 is 0. The molecule has 0 fully saturated rings. The summed E-state index contributed by atoms with van der Waals surface area (Å²) in [6.45, 7) is 8.66. The third-order valence-corrected chi connectivity index (χ3v) is 2.08. The van der Waals surface area contributed by atoms with Gasteiger partial charge in [-0.05, 0) is 12.3 Å². The van der Waals surface area contributed by atoms with Crippen molar-refractivity contribution in [1.82, 2.24) is 4.98 Å². The monoisotopic (exact) mass is 181 g/mol. The molecule has 0 radical (unpaired) electrons. The van der Waals surface area contributed by atoms with Crippen LogP contribution in [0.4, 0.5) is 0 Å². The van der Waals surface area contributed by atoms with E-state index in [0.717, 1.165) is 30.4 Å². The zero-order valence-electron chi connectivity index (χ0n) is 9.00. The maximum Gasteiger partial charge on any atom is 0.194 e. The minimum absolute atomic E-state index is 0.445. The van der Waals surface area contributed by atoms with Crippen LogP contribution >= 0.6 is 0 Å². The Bertz CT molecular complexity index is 250. The predicted octanol–water partition coefficient (Wildman–Crippen LogP) is 3.39. The first kappa shape index (κ1) is 10.3. The van der Waals surface area contributed by atoms with Crippen LogP contribution in [0.1, 0.15) is 51.7 Å². The molecule has 0 amide bonds. The van der Waals surface area contributed by atoms with Gasteiger partial charge in [0.2, 0.25) is 0 Å². The van der Waals surface area contributed by atoms with Crippen molar-refractivity contribution in [1.29, 1.82) is 0 Å². The number of nitrogens with zero attached hydrogens (tertiary/aromatic N) is 1. The standard InChI is InChI=1S/C11H19NO/c1-8(2)5-6-11-12-7-10(13-11)9(3)4/h7-9H,5-6H2,1-4H3. The molecule has 2 heteroatoms. The lowest BCUT2D eigenvalue weighted by atomic mass is 10.1. The third-order valence-electron chi connectivity index (χ3n) is 2.08. The third kappa shape index (κ3) is 3.21. The lowest BCUT2D eigenvalue weighted by Gasteiger charge is -2.00. The molecule has 2 nitrogen and oxygen atoms in total. The van der Waals surface area contributed by atoms with E-state index in [1.165, 1.54) is 0 Å². The molecule has 0 aromatic carbocycles. The van der Waals surface area contributed by atoms with E-state index in [2.05, 4.69) is 32.7 Å². The van der Waals surface area contributed by atoms with Crippen LogP contribution in [-0.2, 0) is 6.42 Å². The van der Waals surface area contributed by atoms with Gasteiger partial charge in [-0.25, -0.2) is 4.98 Å². The summed E-state index contributed by atoms with van der Waals surface area (Å²) in [6, 6.07) is 0. The molecular weight excluding hydrogens is 162 g/mol. The average molecular weight is 181 g/mol. The van der Waals surface area contributed by atoms with E-state index in [0.29, 0.717) is 5.92 Å². The van der Waals surface area contributed by atoms with E-state index in [1.807, 2.05) is 6.20 Å². The molecule has 0 saturated heterocycles. The minimum Gasteiger partial charge on any atom is -0.445 e. The van der Waals surface area contributed by atoms with Crippen molar-refractivity contribution in [2.75, 3.05) is 0 Å². The van der Waals surface area contributed by atoms with Crippen LogP contribution in [-0.4, -0.2) is 4.98 Å². The van der Waals surface area contributed by atoms with Crippen LogP contribution in [0, 0.1) is 5.92 Å². The van der Waals surface area contributed by atoms with Crippen LogP contribution in [0.25, 0.3) is 0 Å². The van der Waals surface area contributed by atoms with Crippen molar-refractivity contribution in [3.05, 3.63) is 17.8 Å². The Morgan fingerprint density at radius 2 is 2.00 bits per heavy atom. The van der Waals surface area contributed by atoms with Crippen LogP contribution < -0.4 is 0 Å². The van der Waals surface area contributed by atoms with E-state index in [1.54, 1.807) is 0 Å². The Morgan fingerprint density at radius 3 is 2.46 bits per heavy atom. The van der Waals surface area contributed by atoms with Gasteiger partial charge in [0.15, 0.2) is 5.89 Å². The summed E-state index contributed by atoms with van der Waals surface area (Å²) in [5, 5.41) is 0. The van der Waals surface area contributed by atoms with Gasteiger partial charge in [0.25, 0.3) is 0 Å². The lowest BCUT2D eigenvalue weighted by Crippen LogP contribution is -1.91. The number of hydrogen-bond donors (Lipinski definition) is 0. The van der Waals surface area contributed by atoms with Crippen LogP contribution in [0.15, 0.2) is 10.6 Å². The molecule has 0 unspecified atom stereocenters. The van der Waals surface area contributed by atoms with Gasteiger partial charge >= 0.3 is 0 Å². The molecule has 0 atom stereocenters. The summed E-state index contributed by atoms with van der Waals surface area (Å²) in [5.41, 5.74) is 0. The van der Waals surface area contributed by atoms with Gasteiger partial charge in [-0.2, -0.15) is 0 Å². The fraction of sp³-hybridized carbons (Fsp3) is 0.727. The van der Waals surface area contributed by atoms with Crippen LogP contribution in [0.5, 0.6) is 0 Å². The number of aromatic nitrogens is 1. The van der Waals surface area contributed by atoms with E-state index in [-0.39, 0.29) is 0 Å². The summed E-state index contributed by atoms with van der Waals surface area (Å²) < 4.78 is 5.58. The van der Waals surface area contributed by atoms with E-state index < -0.39 is 0 Å². The molecule has 0 bridgehead atoms. The van der Waals surface area contributed by atoms with Gasteiger partial charge in [0.1, 0.15) is 5.76 Å². The molecule has 0 saturated carbocycles. The van der Waals surface area contributed by atoms with Crippen molar-refractivity contribution < 1.29 is 4.42 Å². The molecule has 0 N–H and O–H groups in total. The van der Waals surface area contributed by atoms with Crippen molar-refractivity contribution in [2.45, 2.75) is 46.5 Å². The Balaban J connectivity index is 2.49. The Labute approximate surface area is 80.4 Å². The quantitative estimate of drug-likeness (QED) is 0.711. The van der Waals surface area contributed by atoms with Gasteiger partial charge in [-0.3, -0.25) is 0 Å². The maximum atomic E-state index is 5.58. The molecule has 1 aromatic heterocycles. The number of oxazole rings is 1. The smallest absolute Gasteiger partial charge is 0.194 e. The van der Waals surface area contributed by atoms with E-state index in [4.69, 9.17) is 4.42 Å². The second kappa shape index (κ2) is 4.45. The fourth-order valence-corrected chi connectivity index (χ4v) is 1.12. The second-order valence-corrected chi connectivity index (χ2v) is 4.24. The molecule has 1 aromatic rings. The highest BCUT2D eigenvalue weighted by Gasteiger charge is 2.07. The largest absolute Gasteiger partial charge is 0.445 e. The van der Waals surface area contributed by atoms with Gasteiger partial charge in [-0.15, -0.1) is 0 Å². The zero-order chi connectivity index (χ0) is 9.84. The van der Waals surface area contributed by atoms with Gasteiger partial charge in [-0.1, -0.05) is 27.7 Å². The van der Waals surface area contributed by atoms with Gasteiger partial charge < -0.3 is 4.42 Å².